The van der Waals surface area contributed by atoms with Gasteiger partial charge in [-0.1, -0.05) is 204 Å². The third-order valence-corrected chi connectivity index (χ3v) is 18.9. The zero-order valence-electron chi connectivity index (χ0n) is 58.5. The van der Waals surface area contributed by atoms with E-state index in [4.69, 9.17) is 24.2 Å². The van der Waals surface area contributed by atoms with Gasteiger partial charge in [0.25, 0.3) is 0 Å². The lowest BCUT2D eigenvalue weighted by Crippen LogP contribution is -2.02. The number of hydrogen-bond donors (Lipinski definition) is 7. The van der Waals surface area contributed by atoms with Gasteiger partial charge in [-0.3, -0.25) is 0 Å². The summed E-state index contributed by atoms with van der Waals surface area (Å²) < 4.78 is 17.8. The third kappa shape index (κ3) is 13.9. The third-order valence-electron chi connectivity index (χ3n) is 18.9. The molecule has 0 saturated carbocycles. The van der Waals surface area contributed by atoms with Crippen LogP contribution in [-0.2, 0) is 0 Å². The highest BCUT2D eigenvalue weighted by molar-refractivity contribution is 6.25. The van der Waals surface area contributed by atoms with E-state index < -0.39 is 0 Å². The minimum Gasteiger partial charge on any atom is -0.508 e. The van der Waals surface area contributed by atoms with Crippen LogP contribution in [0.1, 0.15) is 59.3 Å². The number of fused-ring (bicyclic) bond motifs is 7. The summed E-state index contributed by atoms with van der Waals surface area (Å²) in [6.45, 7) is 7.72. The standard InChI is InChI=1S/C32H28N2O2.C31H24N2O4.C27H22N2O4/c1-2-3-4-7-19-36-29-20-27(33-32(34-29)26-11-5-6-12-28(26)35)24-17-15-23-14-13-21-9-8-10-22-16-18-25(24)31(23)30(21)22;1-2-13-37-29-17-26(32-31(33-29)30-27(35)14-19(34)15-28(30)36)25-16-24-20-8-4-3-7-18(20)11-12-23(24)21-9-5-6-10-22(21)25;1-2-9-33-25-15-22(28-27(29-25)26-23(31)13-21(30)14-24(26)32)19-8-7-18-10-16-5-3-4-6-17(16)11-20(18)12-19/h5-6,8-18,20,35H,2-4,7,19H2,1H3;3-12,14-17,34-36H,2,13H2,1H3;3-8,10-15,30-32H,2,9H2,1H3. The highest BCUT2D eigenvalue weighted by Gasteiger charge is 2.23. The summed E-state index contributed by atoms with van der Waals surface area (Å²) in [6, 6.07) is 78.1. The van der Waals surface area contributed by atoms with E-state index in [2.05, 4.69) is 148 Å². The van der Waals surface area contributed by atoms with E-state index in [0.29, 0.717) is 60.2 Å². The largest absolute Gasteiger partial charge is 0.508 e. The minimum atomic E-state index is -0.328. The van der Waals surface area contributed by atoms with Crippen molar-refractivity contribution in [2.24, 2.45) is 0 Å². The molecule has 14 aromatic carbocycles. The summed E-state index contributed by atoms with van der Waals surface area (Å²) in [5.74, 6) is 0.187. The molecule has 0 aliphatic heterocycles. The van der Waals surface area contributed by atoms with Crippen LogP contribution >= 0.6 is 0 Å². The van der Waals surface area contributed by atoms with Crippen LogP contribution < -0.4 is 14.2 Å². The van der Waals surface area contributed by atoms with Crippen LogP contribution in [0.2, 0.25) is 0 Å². The molecule has 0 radical (unpaired) electrons. The molecule has 3 aromatic heterocycles. The number of ether oxygens (including phenoxy) is 3. The Balaban J connectivity index is 0.000000128. The van der Waals surface area contributed by atoms with Crippen molar-refractivity contribution in [2.45, 2.75) is 59.3 Å². The monoisotopic (exact) mass is 1400 g/mol. The van der Waals surface area contributed by atoms with Gasteiger partial charge >= 0.3 is 0 Å². The van der Waals surface area contributed by atoms with Crippen molar-refractivity contribution in [3.05, 3.63) is 243 Å². The molecule has 0 spiro atoms. The van der Waals surface area contributed by atoms with Gasteiger partial charge in [-0.25, -0.2) is 15.0 Å². The van der Waals surface area contributed by atoms with Crippen LogP contribution in [0.25, 0.3) is 154 Å². The zero-order valence-corrected chi connectivity index (χ0v) is 58.5. The smallest absolute Gasteiger partial charge is 0.217 e. The number of nitrogens with zero attached hydrogens (tertiary/aromatic N) is 6. The first kappa shape index (κ1) is 68.4. The first-order chi connectivity index (χ1) is 51.8. The molecule has 3 heterocycles. The molecule has 0 fully saturated rings. The molecule has 17 rings (SSSR count). The number of phenols is 7. The van der Waals surface area contributed by atoms with E-state index in [1.54, 1.807) is 24.3 Å². The first-order valence-electron chi connectivity index (χ1n) is 35.6. The molecule has 7 N–H and O–H groups in total. The number of unbranched alkanes of at least 4 members (excludes halogenated alkanes) is 3. The highest BCUT2D eigenvalue weighted by Crippen LogP contribution is 2.46. The average molecular weight is 1400 g/mol. The van der Waals surface area contributed by atoms with E-state index in [-0.39, 0.29) is 63.0 Å². The Morgan fingerprint density at radius 3 is 1.37 bits per heavy atom. The van der Waals surface area contributed by atoms with Gasteiger partial charge in [-0.05, 0) is 142 Å². The molecule has 0 bridgehead atoms. The summed E-state index contributed by atoms with van der Waals surface area (Å²) in [7, 11) is 0. The minimum absolute atomic E-state index is 0.0246. The van der Waals surface area contributed by atoms with Crippen LogP contribution in [0.15, 0.2) is 243 Å². The number of para-hydroxylation sites is 1. The summed E-state index contributed by atoms with van der Waals surface area (Å²) in [5, 5.41) is 90.2. The van der Waals surface area contributed by atoms with Crippen molar-refractivity contribution < 1.29 is 50.0 Å². The van der Waals surface area contributed by atoms with Crippen LogP contribution in [0.3, 0.4) is 0 Å². The van der Waals surface area contributed by atoms with Crippen molar-refractivity contribution >= 4 is 86.2 Å². The van der Waals surface area contributed by atoms with Crippen molar-refractivity contribution in [1.29, 1.82) is 0 Å². The van der Waals surface area contributed by atoms with E-state index in [9.17, 15) is 35.7 Å². The van der Waals surface area contributed by atoms with Gasteiger partial charge in [0.15, 0.2) is 17.5 Å². The molecule has 16 nitrogen and oxygen atoms in total. The van der Waals surface area contributed by atoms with Gasteiger partial charge in [0, 0.05) is 59.2 Å². The number of aromatic nitrogens is 6. The maximum absolute atomic E-state index is 10.5. The number of aromatic hydroxyl groups is 7. The van der Waals surface area contributed by atoms with Crippen molar-refractivity contribution in [1.82, 2.24) is 29.9 Å². The van der Waals surface area contributed by atoms with Crippen LogP contribution in [0, 0.1) is 0 Å². The van der Waals surface area contributed by atoms with Gasteiger partial charge < -0.3 is 50.0 Å². The van der Waals surface area contributed by atoms with E-state index >= 15 is 0 Å². The molecule has 0 amide bonds. The fourth-order valence-electron chi connectivity index (χ4n) is 13.8. The van der Waals surface area contributed by atoms with Crippen molar-refractivity contribution in [3.63, 3.8) is 0 Å². The first-order valence-corrected chi connectivity index (χ1v) is 35.6. The Labute approximate surface area is 610 Å². The fourth-order valence-corrected chi connectivity index (χ4v) is 13.8. The predicted molar refractivity (Wildman–Crippen MR) is 423 cm³/mol. The lowest BCUT2D eigenvalue weighted by atomic mass is 9.91. The summed E-state index contributed by atoms with van der Waals surface area (Å²) >= 11 is 0. The SMILES string of the molecule is CCCCCCOc1cc(-c2ccc3ccc4cccc5ccc2c3c45)nc(-c2ccccc2O)n1.CCCOc1cc(-c2cc3c4ccccc4ccc3c3ccccc23)nc(-c2c(O)cc(O)cc2O)n1.CCCOc1cc(-c2ccc3cc4ccccc4cc3c2)nc(-c2c(O)cc(O)cc2O)n1. The summed E-state index contributed by atoms with van der Waals surface area (Å²) in [5.41, 5.74) is 5.36. The zero-order chi connectivity index (χ0) is 73.0. The normalized spacial score (nSPS) is 11.4. The lowest BCUT2D eigenvalue weighted by molar-refractivity contribution is 0.294. The Morgan fingerprint density at radius 1 is 0.264 bits per heavy atom. The summed E-state index contributed by atoms with van der Waals surface area (Å²) in [4.78, 5) is 27.8. The fraction of sp³-hybridized carbons (Fsp3) is 0.133. The molecule has 0 aliphatic rings. The molecule has 524 valence electrons. The average Bonchev–Trinajstić information content (AvgIpc) is 0.746. The van der Waals surface area contributed by atoms with Crippen LogP contribution in [0.5, 0.6) is 57.9 Å². The quantitative estimate of drug-likeness (QED) is 0.0240. The van der Waals surface area contributed by atoms with Gasteiger partial charge in [-0.2, -0.15) is 15.0 Å². The number of benzene rings is 14. The Hall–Kier alpha value is -13.3. The van der Waals surface area contributed by atoms with E-state index in [1.807, 2.05) is 86.6 Å². The maximum atomic E-state index is 10.5. The van der Waals surface area contributed by atoms with Gasteiger partial charge in [0.05, 0.1) is 42.5 Å². The van der Waals surface area contributed by atoms with E-state index in [1.165, 1.54) is 45.2 Å². The molecule has 0 saturated heterocycles. The number of phenolic OH excluding ortho intramolecular Hbond substituents is 7. The number of rotatable bonds is 18. The predicted octanol–water partition coefficient (Wildman–Crippen LogP) is 21.6. The molecule has 0 atom stereocenters. The number of hydrogen-bond acceptors (Lipinski definition) is 16. The Kier molecular flexibility index (Phi) is 19.3. The topological polar surface area (TPSA) is 247 Å². The van der Waals surface area contributed by atoms with Crippen LogP contribution in [-0.4, -0.2) is 85.5 Å². The molecule has 0 unspecified atom stereocenters. The lowest BCUT2D eigenvalue weighted by Gasteiger charge is -2.15. The van der Waals surface area contributed by atoms with Crippen molar-refractivity contribution in [3.8, 4) is 126 Å². The molecular weight excluding hydrogens is 1330 g/mol. The van der Waals surface area contributed by atoms with Gasteiger partial charge in [0.2, 0.25) is 17.6 Å². The van der Waals surface area contributed by atoms with Crippen LogP contribution in [0.4, 0.5) is 0 Å². The molecule has 16 heteroatoms. The highest BCUT2D eigenvalue weighted by atomic mass is 16.5. The van der Waals surface area contributed by atoms with E-state index in [0.717, 1.165) is 126 Å². The Bertz CT molecular complexity index is 6110. The second-order valence-electron chi connectivity index (χ2n) is 26.2. The summed E-state index contributed by atoms with van der Waals surface area (Å²) in [6.07, 6.45) is 6.09. The molecule has 17 aromatic rings. The van der Waals surface area contributed by atoms with Crippen molar-refractivity contribution in [2.75, 3.05) is 19.8 Å². The van der Waals surface area contributed by atoms with Gasteiger partial charge in [0.1, 0.15) is 51.4 Å². The molecule has 0 aliphatic carbocycles. The second kappa shape index (κ2) is 29.9. The second-order valence-corrected chi connectivity index (χ2v) is 26.2. The molecule has 106 heavy (non-hydrogen) atoms. The van der Waals surface area contributed by atoms with Gasteiger partial charge in [-0.15, -0.1) is 0 Å². The molecular formula is C90H74N6O10. The Morgan fingerprint density at radius 2 is 0.726 bits per heavy atom. The maximum Gasteiger partial charge on any atom is 0.217 e.